The molecule has 0 radical (unpaired) electrons. The molecule has 1 aliphatic heterocycles. The van der Waals surface area contributed by atoms with Crippen LogP contribution in [0.15, 0.2) is 91.1 Å². The van der Waals surface area contributed by atoms with Crippen molar-refractivity contribution in [2.24, 2.45) is 5.92 Å². The lowest BCUT2D eigenvalue weighted by molar-refractivity contribution is 0.0484. The molecule has 4 aromatic rings. The topological polar surface area (TPSA) is 42.4 Å². The Balaban J connectivity index is 1.34. The Hall–Kier alpha value is -3.41. The van der Waals surface area contributed by atoms with Crippen molar-refractivity contribution in [1.29, 1.82) is 0 Å². The van der Waals surface area contributed by atoms with Crippen molar-refractivity contribution in [3.8, 4) is 17.0 Å². The van der Waals surface area contributed by atoms with Crippen LogP contribution < -0.4 is 4.74 Å². The van der Waals surface area contributed by atoms with E-state index in [4.69, 9.17) is 27.9 Å². The van der Waals surface area contributed by atoms with Crippen molar-refractivity contribution >= 4 is 29.1 Å². The number of pyridine rings is 1. The van der Waals surface area contributed by atoms with Crippen LogP contribution in [-0.4, -0.2) is 35.0 Å². The largest absolute Gasteiger partial charge is 0.474 e. The maximum atomic E-state index is 13.5. The minimum Gasteiger partial charge on any atom is -0.474 e. The molecule has 7 heteroatoms. The van der Waals surface area contributed by atoms with E-state index >= 15 is 0 Å². The molecule has 38 heavy (non-hydrogen) atoms. The number of carbonyl (C=O) groups is 1. The van der Waals surface area contributed by atoms with Crippen molar-refractivity contribution in [3.05, 3.63) is 118 Å². The van der Waals surface area contributed by atoms with E-state index in [1.807, 2.05) is 53.4 Å². The first-order valence-electron chi connectivity index (χ1n) is 12.6. The van der Waals surface area contributed by atoms with E-state index in [9.17, 15) is 9.18 Å². The molecule has 1 amide bonds. The molecule has 2 heterocycles. The fourth-order valence-corrected chi connectivity index (χ4v) is 5.36. The van der Waals surface area contributed by atoms with Gasteiger partial charge in [0.2, 0.25) is 5.88 Å². The van der Waals surface area contributed by atoms with Gasteiger partial charge in [-0.2, -0.15) is 0 Å². The monoisotopic (exact) mass is 548 g/mol. The van der Waals surface area contributed by atoms with Crippen molar-refractivity contribution in [3.63, 3.8) is 0 Å². The van der Waals surface area contributed by atoms with Crippen LogP contribution in [0.25, 0.3) is 11.1 Å². The highest BCUT2D eigenvalue weighted by atomic mass is 35.5. The summed E-state index contributed by atoms with van der Waals surface area (Å²) in [7, 11) is 0. The number of hydrogen-bond acceptors (Lipinski definition) is 3. The summed E-state index contributed by atoms with van der Waals surface area (Å²) in [5, 5.41) is 1.23. The van der Waals surface area contributed by atoms with Crippen molar-refractivity contribution in [1.82, 2.24) is 9.88 Å². The van der Waals surface area contributed by atoms with Gasteiger partial charge >= 0.3 is 0 Å². The molecule has 0 bridgehead atoms. The highest BCUT2D eigenvalue weighted by molar-refractivity contribution is 6.30. The van der Waals surface area contributed by atoms with Crippen LogP contribution in [0.3, 0.4) is 0 Å². The van der Waals surface area contributed by atoms with E-state index in [0.29, 0.717) is 34.6 Å². The summed E-state index contributed by atoms with van der Waals surface area (Å²) in [6.07, 6.45) is 2.22. The molecule has 0 unspecified atom stereocenters. The van der Waals surface area contributed by atoms with Crippen molar-refractivity contribution < 1.29 is 13.9 Å². The lowest BCUT2D eigenvalue weighted by Crippen LogP contribution is -2.46. The average molecular weight is 549 g/mol. The first kappa shape index (κ1) is 26.2. The maximum Gasteiger partial charge on any atom is 0.253 e. The number of aromatic nitrogens is 1. The van der Waals surface area contributed by atoms with Gasteiger partial charge in [0.05, 0.1) is 5.02 Å². The molecule has 1 aromatic heterocycles. The summed E-state index contributed by atoms with van der Waals surface area (Å²) in [6, 6.07) is 25.2. The van der Waals surface area contributed by atoms with Gasteiger partial charge in [-0.05, 0) is 72.5 Å². The molecule has 1 fully saturated rings. The van der Waals surface area contributed by atoms with Crippen LogP contribution in [0.2, 0.25) is 10.0 Å². The number of halogens is 3. The number of benzene rings is 3. The summed E-state index contributed by atoms with van der Waals surface area (Å²) in [5.74, 6) is 0.463. The van der Waals surface area contributed by atoms with Gasteiger partial charge in [-0.1, -0.05) is 59.6 Å². The molecule has 1 saturated heterocycles. The van der Waals surface area contributed by atoms with Gasteiger partial charge in [0.15, 0.2) is 0 Å². The van der Waals surface area contributed by atoms with Crippen molar-refractivity contribution in [2.45, 2.75) is 25.4 Å². The first-order valence-corrected chi connectivity index (χ1v) is 13.3. The Labute approximate surface area is 232 Å². The number of amides is 1. The number of rotatable bonds is 6. The fraction of sp³-hybridized carbons (Fsp3) is 0.226. The standard InChI is InChI=1S/C31H27Cl2FN2O2/c1-20(38-30-15-12-26(33)18-35-30)28-16-17-36(19-29(28)23-6-10-25(32)11-7-23)31(37)24-4-2-21(3-5-24)22-8-13-27(34)14-9-22/h2-15,18,20,28-29H,16-17,19H2,1H3/t20-,28+,29+/m0/s1. The normalized spacial score (nSPS) is 18.2. The van der Waals surface area contributed by atoms with Crippen LogP contribution in [0, 0.1) is 11.7 Å². The molecule has 0 saturated carbocycles. The Morgan fingerprint density at radius 1 is 0.921 bits per heavy atom. The Kier molecular flexibility index (Phi) is 7.96. The molecule has 1 aliphatic rings. The summed E-state index contributed by atoms with van der Waals surface area (Å²) >= 11 is 12.1. The van der Waals surface area contributed by atoms with Crippen molar-refractivity contribution in [2.75, 3.05) is 13.1 Å². The predicted octanol–water partition coefficient (Wildman–Crippen LogP) is 7.91. The quantitative estimate of drug-likeness (QED) is 0.246. The van der Waals surface area contributed by atoms with Gasteiger partial charge in [0, 0.05) is 47.8 Å². The number of nitrogens with zero attached hydrogens (tertiary/aromatic N) is 2. The minimum atomic E-state index is -0.275. The molecule has 194 valence electrons. The molecular formula is C31H27Cl2FN2O2. The second-order valence-electron chi connectivity index (χ2n) is 9.58. The maximum absolute atomic E-state index is 13.5. The summed E-state index contributed by atoms with van der Waals surface area (Å²) in [5.41, 5.74) is 3.57. The molecule has 0 aliphatic carbocycles. The minimum absolute atomic E-state index is 0.0130. The van der Waals surface area contributed by atoms with E-state index in [0.717, 1.165) is 23.1 Å². The van der Waals surface area contributed by atoms with Gasteiger partial charge in [0.1, 0.15) is 11.9 Å². The highest BCUT2D eigenvalue weighted by Crippen LogP contribution is 2.37. The van der Waals surface area contributed by atoms with Crippen LogP contribution in [0.5, 0.6) is 5.88 Å². The predicted molar refractivity (Wildman–Crippen MR) is 149 cm³/mol. The molecule has 5 rings (SSSR count). The third-order valence-corrected chi connectivity index (χ3v) is 7.65. The van der Waals surface area contributed by atoms with Crippen LogP contribution in [-0.2, 0) is 0 Å². The second-order valence-corrected chi connectivity index (χ2v) is 10.5. The van der Waals surface area contributed by atoms with Crippen LogP contribution in [0.4, 0.5) is 4.39 Å². The third-order valence-electron chi connectivity index (χ3n) is 7.17. The zero-order valence-corrected chi connectivity index (χ0v) is 22.4. The van der Waals surface area contributed by atoms with Crippen LogP contribution in [0.1, 0.15) is 35.2 Å². The summed E-state index contributed by atoms with van der Waals surface area (Å²) in [4.78, 5) is 19.7. The number of ether oxygens (including phenoxy) is 1. The lowest BCUT2D eigenvalue weighted by Gasteiger charge is -2.41. The molecular weight excluding hydrogens is 522 g/mol. The molecule has 4 nitrogen and oxygen atoms in total. The highest BCUT2D eigenvalue weighted by Gasteiger charge is 2.37. The van der Waals surface area contributed by atoms with E-state index in [-0.39, 0.29) is 29.7 Å². The second kappa shape index (κ2) is 11.5. The van der Waals surface area contributed by atoms with E-state index in [2.05, 4.69) is 11.9 Å². The van der Waals surface area contributed by atoms with Gasteiger partial charge in [-0.3, -0.25) is 4.79 Å². The Morgan fingerprint density at radius 2 is 1.55 bits per heavy atom. The fourth-order valence-electron chi connectivity index (χ4n) is 5.12. The summed E-state index contributed by atoms with van der Waals surface area (Å²) < 4.78 is 19.5. The van der Waals surface area contributed by atoms with E-state index in [1.165, 1.54) is 12.1 Å². The number of carbonyl (C=O) groups excluding carboxylic acids is 1. The zero-order chi connectivity index (χ0) is 26.6. The Bertz CT molecular complexity index is 1380. The third kappa shape index (κ3) is 6.01. The molecule has 0 spiro atoms. The van der Waals surface area contributed by atoms with Gasteiger partial charge < -0.3 is 9.64 Å². The van der Waals surface area contributed by atoms with Gasteiger partial charge in [-0.25, -0.2) is 9.37 Å². The number of hydrogen-bond donors (Lipinski definition) is 0. The lowest BCUT2D eigenvalue weighted by atomic mass is 9.77. The summed E-state index contributed by atoms with van der Waals surface area (Å²) in [6.45, 7) is 3.23. The van der Waals surface area contributed by atoms with Gasteiger partial charge in [0.25, 0.3) is 5.91 Å². The van der Waals surface area contributed by atoms with Crippen LogP contribution >= 0.6 is 23.2 Å². The SMILES string of the molecule is C[C@H](Oc1ccc(Cl)cn1)[C@H]1CCN(C(=O)c2ccc(-c3ccc(F)cc3)cc2)C[C@@H]1c1ccc(Cl)cc1. The van der Waals surface area contributed by atoms with E-state index in [1.54, 1.807) is 30.5 Å². The Morgan fingerprint density at radius 3 is 2.18 bits per heavy atom. The molecule has 3 atom stereocenters. The molecule has 0 N–H and O–H groups in total. The molecule has 3 aromatic carbocycles. The first-order chi connectivity index (χ1) is 18.4. The number of likely N-dealkylation sites (tertiary alicyclic amines) is 1. The smallest absolute Gasteiger partial charge is 0.253 e. The zero-order valence-electron chi connectivity index (χ0n) is 20.9. The van der Waals surface area contributed by atoms with E-state index < -0.39 is 0 Å². The van der Waals surface area contributed by atoms with Gasteiger partial charge in [-0.15, -0.1) is 0 Å². The number of piperidine rings is 1. The average Bonchev–Trinajstić information content (AvgIpc) is 2.94.